The van der Waals surface area contributed by atoms with Crippen molar-refractivity contribution in [2.45, 2.75) is 24.6 Å². The monoisotopic (exact) mass is 411 g/mol. The first-order chi connectivity index (χ1) is 13.1. The molecule has 2 N–H and O–H groups in total. The van der Waals surface area contributed by atoms with Gasteiger partial charge in [0.2, 0.25) is 5.91 Å². The number of carbonyl (C=O) groups is 1. The molecule has 2 unspecified atom stereocenters. The third-order valence-corrected chi connectivity index (χ3v) is 4.97. The van der Waals surface area contributed by atoms with Crippen LogP contribution in [-0.2, 0) is 10.2 Å². The van der Waals surface area contributed by atoms with Crippen molar-refractivity contribution in [1.29, 1.82) is 0 Å². The third kappa shape index (κ3) is 3.40. The zero-order chi connectivity index (χ0) is 20.7. The van der Waals surface area contributed by atoms with E-state index in [4.69, 9.17) is 17.3 Å². The number of amides is 1. The number of pyridine rings is 1. The highest BCUT2D eigenvalue weighted by Crippen LogP contribution is 2.39. The molecule has 2 heterocycles. The molecule has 9 heteroatoms. The molecule has 28 heavy (non-hydrogen) atoms. The van der Waals surface area contributed by atoms with Crippen LogP contribution in [0.1, 0.15) is 12.5 Å². The number of rotatable bonds is 3. The summed E-state index contributed by atoms with van der Waals surface area (Å²) in [5.41, 5.74) is 3.91. The van der Waals surface area contributed by atoms with Gasteiger partial charge in [-0.2, -0.15) is 13.2 Å². The van der Waals surface area contributed by atoms with Crippen LogP contribution in [0.2, 0.25) is 5.02 Å². The summed E-state index contributed by atoms with van der Waals surface area (Å²) < 4.78 is 52.1. The average molecular weight is 412 g/mol. The molecule has 0 aliphatic carbocycles. The molecule has 0 bridgehead atoms. The van der Waals surface area contributed by atoms with Gasteiger partial charge in [-0.3, -0.25) is 14.8 Å². The molecule has 2 atom stereocenters. The van der Waals surface area contributed by atoms with Crippen molar-refractivity contribution in [1.82, 2.24) is 4.98 Å². The first-order valence-electron chi connectivity index (χ1n) is 8.12. The molecule has 0 radical (unpaired) electrons. The van der Waals surface area contributed by atoms with E-state index < -0.39 is 35.1 Å². The Hall–Kier alpha value is -2.74. The molecule has 1 aliphatic heterocycles. The van der Waals surface area contributed by atoms with Crippen LogP contribution in [0.3, 0.4) is 0 Å². The SMILES string of the molecule is CC1N=C(C(F)(F)F)C=CC1(C(N)=O)c1ccc(Cl)c(-c2ccc(F)cn2)c1. The fourth-order valence-corrected chi connectivity index (χ4v) is 3.37. The lowest BCUT2D eigenvalue weighted by atomic mass is 9.72. The van der Waals surface area contributed by atoms with Gasteiger partial charge in [-0.25, -0.2) is 4.39 Å². The number of carbonyl (C=O) groups excluding carboxylic acids is 1. The van der Waals surface area contributed by atoms with E-state index in [0.29, 0.717) is 16.8 Å². The number of aliphatic imine (C=N–C) groups is 1. The van der Waals surface area contributed by atoms with Crippen LogP contribution in [0.25, 0.3) is 11.3 Å². The summed E-state index contributed by atoms with van der Waals surface area (Å²) in [4.78, 5) is 19.9. The Morgan fingerprint density at radius 1 is 1.25 bits per heavy atom. The van der Waals surface area contributed by atoms with Gasteiger partial charge in [-0.05, 0) is 42.8 Å². The number of dihydropyridines is 1. The van der Waals surface area contributed by atoms with Crippen LogP contribution in [0.5, 0.6) is 0 Å². The number of hydrogen-bond acceptors (Lipinski definition) is 3. The zero-order valence-electron chi connectivity index (χ0n) is 14.5. The summed E-state index contributed by atoms with van der Waals surface area (Å²) in [5, 5.41) is 0.273. The van der Waals surface area contributed by atoms with Gasteiger partial charge in [0.15, 0.2) is 0 Å². The lowest BCUT2D eigenvalue weighted by molar-refractivity contribution is -0.122. The minimum absolute atomic E-state index is 0.273. The minimum Gasteiger partial charge on any atom is -0.369 e. The van der Waals surface area contributed by atoms with E-state index in [0.717, 1.165) is 18.3 Å². The van der Waals surface area contributed by atoms with Crippen molar-refractivity contribution in [2.24, 2.45) is 10.7 Å². The smallest absolute Gasteiger partial charge is 0.369 e. The molecule has 4 nitrogen and oxygen atoms in total. The predicted octanol–water partition coefficient (Wildman–Crippen LogP) is 4.23. The highest BCUT2D eigenvalue weighted by atomic mass is 35.5. The maximum atomic E-state index is 13.2. The van der Waals surface area contributed by atoms with E-state index in [2.05, 4.69) is 9.98 Å². The Labute approximate surface area is 162 Å². The first kappa shape index (κ1) is 20.0. The number of benzene rings is 1. The second-order valence-electron chi connectivity index (χ2n) is 6.31. The number of primary amides is 1. The maximum Gasteiger partial charge on any atom is 0.432 e. The Morgan fingerprint density at radius 2 is 1.96 bits per heavy atom. The van der Waals surface area contributed by atoms with Gasteiger partial charge in [0, 0.05) is 10.6 Å². The van der Waals surface area contributed by atoms with Crippen LogP contribution in [-0.4, -0.2) is 28.8 Å². The van der Waals surface area contributed by atoms with E-state index in [1.807, 2.05) is 0 Å². The summed E-state index contributed by atoms with van der Waals surface area (Å²) in [6.07, 6.45) is -1.78. The molecule has 1 aromatic carbocycles. The molecule has 1 aliphatic rings. The summed E-state index contributed by atoms with van der Waals surface area (Å²) in [5.74, 6) is -1.40. The van der Waals surface area contributed by atoms with E-state index in [9.17, 15) is 22.4 Å². The van der Waals surface area contributed by atoms with Crippen molar-refractivity contribution >= 4 is 23.2 Å². The van der Waals surface area contributed by atoms with Crippen molar-refractivity contribution < 1.29 is 22.4 Å². The Balaban J connectivity index is 2.14. The summed E-state index contributed by atoms with van der Waals surface area (Å²) in [6, 6.07) is 5.96. The van der Waals surface area contributed by atoms with Gasteiger partial charge in [0.25, 0.3) is 0 Å². The molecule has 0 spiro atoms. The van der Waals surface area contributed by atoms with Crippen molar-refractivity contribution in [3.63, 3.8) is 0 Å². The molecular formula is C19H14ClF4N3O. The molecular weight excluding hydrogens is 398 g/mol. The molecule has 2 aromatic rings. The van der Waals surface area contributed by atoms with Gasteiger partial charge >= 0.3 is 6.18 Å². The Morgan fingerprint density at radius 3 is 2.50 bits per heavy atom. The van der Waals surface area contributed by atoms with E-state index in [-0.39, 0.29) is 5.02 Å². The highest BCUT2D eigenvalue weighted by Gasteiger charge is 2.47. The maximum absolute atomic E-state index is 13.2. The van der Waals surface area contributed by atoms with Gasteiger partial charge < -0.3 is 5.73 Å². The summed E-state index contributed by atoms with van der Waals surface area (Å²) in [7, 11) is 0. The Kier molecular flexibility index (Phi) is 5.01. The second-order valence-corrected chi connectivity index (χ2v) is 6.72. The molecule has 0 fully saturated rings. The molecule has 146 valence electrons. The van der Waals surface area contributed by atoms with Crippen molar-refractivity contribution in [2.75, 3.05) is 0 Å². The van der Waals surface area contributed by atoms with Gasteiger partial charge in [0.1, 0.15) is 16.9 Å². The minimum atomic E-state index is -4.64. The fourth-order valence-electron chi connectivity index (χ4n) is 3.15. The molecule has 1 aromatic heterocycles. The number of halogens is 5. The van der Waals surface area contributed by atoms with Crippen LogP contribution in [0.15, 0.2) is 53.7 Å². The van der Waals surface area contributed by atoms with Crippen LogP contribution < -0.4 is 5.73 Å². The van der Waals surface area contributed by atoms with Crippen molar-refractivity contribution in [3.05, 3.63) is 65.1 Å². The van der Waals surface area contributed by atoms with Crippen LogP contribution in [0.4, 0.5) is 17.6 Å². The first-order valence-corrected chi connectivity index (χ1v) is 8.49. The zero-order valence-corrected chi connectivity index (χ0v) is 15.2. The van der Waals surface area contributed by atoms with Gasteiger partial charge in [0.05, 0.1) is 17.9 Å². The highest BCUT2D eigenvalue weighted by molar-refractivity contribution is 6.33. The largest absolute Gasteiger partial charge is 0.432 e. The topological polar surface area (TPSA) is 68.3 Å². The lowest BCUT2D eigenvalue weighted by Crippen LogP contribution is -2.49. The Bertz CT molecular complexity index is 986. The third-order valence-electron chi connectivity index (χ3n) is 4.64. The van der Waals surface area contributed by atoms with E-state index >= 15 is 0 Å². The average Bonchev–Trinajstić information content (AvgIpc) is 2.62. The fraction of sp³-hybridized carbons (Fsp3) is 0.211. The molecule has 0 saturated heterocycles. The number of alkyl halides is 3. The molecule has 3 rings (SSSR count). The standard InChI is InChI=1S/C19H14ClF4N3O/c1-10-18(17(25)28,7-6-16(27-10)19(22,23)24)11-2-4-14(20)13(8-11)15-5-3-12(21)9-26-15/h2-10H,1H3,(H2,25,28). The molecule has 0 saturated carbocycles. The summed E-state index contributed by atoms with van der Waals surface area (Å²) in [6.45, 7) is 1.38. The quantitative estimate of drug-likeness (QED) is 0.768. The summed E-state index contributed by atoms with van der Waals surface area (Å²) >= 11 is 6.21. The number of hydrogen-bond donors (Lipinski definition) is 1. The number of aromatic nitrogens is 1. The number of nitrogens with two attached hydrogens (primary N) is 1. The second kappa shape index (κ2) is 7.01. The number of nitrogens with zero attached hydrogens (tertiary/aromatic N) is 2. The van der Waals surface area contributed by atoms with Gasteiger partial charge in [-0.15, -0.1) is 0 Å². The molecule has 1 amide bonds. The van der Waals surface area contributed by atoms with Crippen LogP contribution in [0, 0.1) is 5.82 Å². The van der Waals surface area contributed by atoms with E-state index in [1.165, 1.54) is 37.3 Å². The van der Waals surface area contributed by atoms with E-state index in [1.54, 1.807) is 0 Å². The lowest BCUT2D eigenvalue weighted by Gasteiger charge is -2.35. The number of allylic oxidation sites excluding steroid dienone is 1. The van der Waals surface area contributed by atoms with Gasteiger partial charge in [-0.1, -0.05) is 23.7 Å². The van der Waals surface area contributed by atoms with Crippen LogP contribution >= 0.6 is 11.6 Å². The van der Waals surface area contributed by atoms with Crippen molar-refractivity contribution in [3.8, 4) is 11.3 Å². The normalized spacial score (nSPS) is 22.1. The predicted molar refractivity (Wildman–Crippen MR) is 97.6 cm³/mol.